The molecule has 0 unspecified atom stereocenters. The quantitative estimate of drug-likeness (QED) is 0.524. The molecular weight excluding hydrogens is 400 g/mol. The van der Waals surface area contributed by atoms with Crippen LogP contribution in [0.2, 0.25) is 0 Å². The normalized spacial score (nSPS) is 14.9. The van der Waals surface area contributed by atoms with E-state index >= 15 is 0 Å². The number of nitrogens with zero attached hydrogens (tertiary/aromatic N) is 1. The Kier molecular flexibility index (Phi) is 6.74. The number of rotatable bonds is 7. The Balaban J connectivity index is 1.68. The molecule has 154 valence electrons. The first-order valence-electron chi connectivity index (χ1n) is 9.33. The molecule has 1 aliphatic rings. The number of thioether (sulfide) groups is 1. The Morgan fingerprint density at radius 1 is 1.17 bits per heavy atom. The van der Waals surface area contributed by atoms with Crippen molar-refractivity contribution in [2.45, 2.75) is 13.8 Å². The Labute approximate surface area is 179 Å². The van der Waals surface area contributed by atoms with Crippen LogP contribution in [0.25, 0.3) is 6.08 Å². The van der Waals surface area contributed by atoms with E-state index in [1.807, 2.05) is 26.0 Å². The summed E-state index contributed by atoms with van der Waals surface area (Å²) in [5.41, 5.74) is 3.51. The van der Waals surface area contributed by atoms with E-state index in [0.29, 0.717) is 18.0 Å². The summed E-state index contributed by atoms with van der Waals surface area (Å²) in [6, 6.07) is 12.7. The number of benzene rings is 2. The average Bonchev–Trinajstić information content (AvgIpc) is 2.97. The summed E-state index contributed by atoms with van der Waals surface area (Å²) in [6.07, 6.45) is 3.26. The van der Waals surface area contributed by atoms with Gasteiger partial charge < -0.3 is 10.1 Å². The second kappa shape index (κ2) is 9.45. The van der Waals surface area contributed by atoms with Gasteiger partial charge >= 0.3 is 0 Å². The molecule has 3 amide bonds. The van der Waals surface area contributed by atoms with Crippen LogP contribution in [0.3, 0.4) is 0 Å². The van der Waals surface area contributed by atoms with Crippen molar-refractivity contribution in [3.8, 4) is 5.75 Å². The minimum Gasteiger partial charge on any atom is -0.490 e. The molecule has 30 heavy (non-hydrogen) atoms. The van der Waals surface area contributed by atoms with E-state index in [2.05, 4.69) is 11.9 Å². The van der Waals surface area contributed by atoms with Gasteiger partial charge in [-0.2, -0.15) is 0 Å². The molecule has 0 radical (unpaired) electrons. The van der Waals surface area contributed by atoms with E-state index < -0.39 is 17.1 Å². The second-order valence-corrected chi connectivity index (χ2v) is 7.78. The lowest BCUT2D eigenvalue weighted by Gasteiger charge is -2.13. The van der Waals surface area contributed by atoms with Crippen LogP contribution in [0.4, 0.5) is 10.5 Å². The zero-order valence-electron chi connectivity index (χ0n) is 16.8. The summed E-state index contributed by atoms with van der Waals surface area (Å²) in [5, 5.41) is 2.26. The largest absolute Gasteiger partial charge is 0.490 e. The van der Waals surface area contributed by atoms with Crippen LogP contribution in [0.15, 0.2) is 60.0 Å². The van der Waals surface area contributed by atoms with Crippen molar-refractivity contribution in [2.75, 3.05) is 18.5 Å². The molecule has 2 aromatic rings. The molecule has 1 N–H and O–H groups in total. The molecule has 7 heteroatoms. The summed E-state index contributed by atoms with van der Waals surface area (Å²) in [6.45, 7) is 7.57. The minimum atomic E-state index is -0.488. The smallest absolute Gasteiger partial charge is 0.294 e. The Hall–Kier alpha value is -3.32. The standard InChI is InChI=1S/C23H22N2O4S/c1-4-10-29-19-7-5-6-17(12-19)13-20-22(27)25(23(28)30-20)14-21(26)24-18-9-8-15(2)16(3)11-18/h4-9,11-13H,1,10,14H2,2-3H3,(H,24,26)/b20-13+. The molecular formula is C23H22N2O4S. The van der Waals surface area contributed by atoms with Crippen LogP contribution in [-0.2, 0) is 9.59 Å². The number of hydrogen-bond donors (Lipinski definition) is 1. The van der Waals surface area contributed by atoms with E-state index in [1.54, 1.807) is 42.5 Å². The molecule has 0 atom stereocenters. The third-order valence-electron chi connectivity index (χ3n) is 4.49. The van der Waals surface area contributed by atoms with Gasteiger partial charge in [-0.25, -0.2) is 0 Å². The van der Waals surface area contributed by atoms with Gasteiger partial charge in [0.1, 0.15) is 18.9 Å². The van der Waals surface area contributed by atoms with Gasteiger partial charge in [0.25, 0.3) is 11.1 Å². The van der Waals surface area contributed by atoms with Crippen molar-refractivity contribution in [3.63, 3.8) is 0 Å². The highest BCUT2D eigenvalue weighted by Crippen LogP contribution is 2.32. The number of amides is 3. The fraction of sp³-hybridized carbons (Fsp3) is 0.174. The molecule has 1 fully saturated rings. The number of hydrogen-bond acceptors (Lipinski definition) is 5. The maximum Gasteiger partial charge on any atom is 0.294 e. The number of anilines is 1. The van der Waals surface area contributed by atoms with Crippen molar-refractivity contribution in [2.24, 2.45) is 0 Å². The van der Waals surface area contributed by atoms with Gasteiger partial charge in [0.05, 0.1) is 4.91 Å². The van der Waals surface area contributed by atoms with Crippen molar-refractivity contribution in [3.05, 3.63) is 76.7 Å². The fourth-order valence-corrected chi connectivity index (χ4v) is 3.64. The van der Waals surface area contributed by atoms with Gasteiger partial charge in [-0.15, -0.1) is 0 Å². The van der Waals surface area contributed by atoms with Crippen molar-refractivity contribution in [1.29, 1.82) is 0 Å². The molecule has 0 bridgehead atoms. The van der Waals surface area contributed by atoms with Crippen molar-refractivity contribution >= 4 is 40.6 Å². The molecule has 0 saturated carbocycles. The summed E-state index contributed by atoms with van der Waals surface area (Å²) in [5.74, 6) is -0.282. The lowest BCUT2D eigenvalue weighted by atomic mass is 10.1. The second-order valence-electron chi connectivity index (χ2n) is 6.79. The van der Waals surface area contributed by atoms with Gasteiger partial charge in [0, 0.05) is 5.69 Å². The first-order chi connectivity index (χ1) is 14.4. The molecule has 0 spiro atoms. The molecule has 1 aliphatic heterocycles. The highest BCUT2D eigenvalue weighted by atomic mass is 32.2. The Bertz CT molecular complexity index is 1050. The van der Waals surface area contributed by atoms with Gasteiger partial charge in [0.2, 0.25) is 5.91 Å². The fourth-order valence-electron chi connectivity index (χ4n) is 2.80. The zero-order chi connectivity index (χ0) is 21.7. The van der Waals surface area contributed by atoms with Crippen LogP contribution >= 0.6 is 11.8 Å². The maximum atomic E-state index is 12.7. The van der Waals surface area contributed by atoms with E-state index in [0.717, 1.165) is 33.4 Å². The highest BCUT2D eigenvalue weighted by Gasteiger charge is 2.36. The molecule has 6 nitrogen and oxygen atoms in total. The molecule has 0 aromatic heterocycles. The number of carbonyl (C=O) groups is 3. The Morgan fingerprint density at radius 3 is 2.70 bits per heavy atom. The van der Waals surface area contributed by atoms with Gasteiger partial charge in [-0.05, 0) is 72.6 Å². The number of aryl methyl sites for hydroxylation is 2. The highest BCUT2D eigenvalue weighted by molar-refractivity contribution is 8.18. The summed E-state index contributed by atoms with van der Waals surface area (Å²) < 4.78 is 5.48. The third kappa shape index (κ3) is 5.18. The number of nitrogens with one attached hydrogen (secondary N) is 1. The first-order valence-corrected chi connectivity index (χ1v) is 10.2. The van der Waals surface area contributed by atoms with Crippen molar-refractivity contribution < 1.29 is 19.1 Å². The van der Waals surface area contributed by atoms with Crippen LogP contribution in [-0.4, -0.2) is 35.1 Å². The molecule has 3 rings (SSSR count). The van der Waals surface area contributed by atoms with Crippen LogP contribution in [0.5, 0.6) is 5.75 Å². The monoisotopic (exact) mass is 422 g/mol. The molecule has 1 heterocycles. The maximum absolute atomic E-state index is 12.7. The van der Waals surface area contributed by atoms with E-state index in [4.69, 9.17) is 4.74 Å². The summed E-state index contributed by atoms with van der Waals surface area (Å²) >= 11 is 0.815. The third-order valence-corrected chi connectivity index (χ3v) is 5.40. The molecule has 0 aliphatic carbocycles. The zero-order valence-corrected chi connectivity index (χ0v) is 17.6. The average molecular weight is 423 g/mol. The topological polar surface area (TPSA) is 75.7 Å². The number of carbonyl (C=O) groups excluding carboxylic acids is 3. The summed E-state index contributed by atoms with van der Waals surface area (Å²) in [4.78, 5) is 38.5. The minimum absolute atomic E-state index is 0.264. The predicted molar refractivity (Wildman–Crippen MR) is 119 cm³/mol. The lowest BCUT2D eigenvalue weighted by Crippen LogP contribution is -2.36. The van der Waals surface area contributed by atoms with E-state index in [1.165, 1.54) is 0 Å². The SMILES string of the molecule is C=CCOc1cccc(/C=C2/SC(=O)N(CC(=O)Nc3ccc(C)c(C)c3)C2=O)c1. The van der Waals surface area contributed by atoms with E-state index in [-0.39, 0.29) is 11.4 Å². The van der Waals surface area contributed by atoms with Crippen LogP contribution in [0, 0.1) is 13.8 Å². The molecule has 1 saturated heterocycles. The number of imide groups is 1. The predicted octanol–water partition coefficient (Wildman–Crippen LogP) is 4.54. The van der Waals surface area contributed by atoms with Crippen LogP contribution in [0.1, 0.15) is 16.7 Å². The van der Waals surface area contributed by atoms with Gasteiger partial charge in [-0.1, -0.05) is 30.9 Å². The van der Waals surface area contributed by atoms with Crippen molar-refractivity contribution in [1.82, 2.24) is 4.90 Å². The lowest BCUT2D eigenvalue weighted by molar-refractivity contribution is -0.127. The van der Waals surface area contributed by atoms with E-state index in [9.17, 15) is 14.4 Å². The summed E-state index contributed by atoms with van der Waals surface area (Å²) in [7, 11) is 0. The van der Waals surface area contributed by atoms with Crippen LogP contribution < -0.4 is 10.1 Å². The number of ether oxygens (including phenoxy) is 1. The van der Waals surface area contributed by atoms with Gasteiger partial charge in [-0.3, -0.25) is 19.3 Å². The Morgan fingerprint density at radius 2 is 1.97 bits per heavy atom. The van der Waals surface area contributed by atoms with Gasteiger partial charge in [0.15, 0.2) is 0 Å². The first kappa shape index (κ1) is 21.4. The molecule has 2 aromatic carbocycles.